The van der Waals surface area contributed by atoms with Gasteiger partial charge in [0.2, 0.25) is 0 Å². The smallest absolute Gasteiger partial charge is 0.151 e. The molecule has 92 valence electrons. The molecule has 0 aliphatic carbocycles. The van der Waals surface area contributed by atoms with E-state index in [1.54, 1.807) is 0 Å². The Bertz CT molecular complexity index is 539. The second-order valence-electron chi connectivity index (χ2n) is 4.17. The number of carbonyl (C=O) groups excluding carboxylic acids is 1. The summed E-state index contributed by atoms with van der Waals surface area (Å²) in [5.41, 5.74) is 3.01. The molecule has 0 spiro atoms. The van der Waals surface area contributed by atoms with Crippen molar-refractivity contribution in [3.05, 3.63) is 64.1 Å². The van der Waals surface area contributed by atoms with Gasteiger partial charge in [-0.3, -0.25) is 4.79 Å². The highest BCUT2D eigenvalue weighted by atomic mass is 79.9. The van der Waals surface area contributed by atoms with Crippen LogP contribution in [0.2, 0.25) is 0 Å². The summed E-state index contributed by atoms with van der Waals surface area (Å²) >= 11 is 3.40. The molecule has 0 saturated heterocycles. The number of rotatable bonds is 4. The quantitative estimate of drug-likeness (QED) is 0.799. The SMILES string of the molecule is CN(Cc1ccccc1)c1ccc(C=O)c(Br)c1. The third-order valence-electron chi connectivity index (χ3n) is 2.81. The third kappa shape index (κ3) is 2.99. The number of carbonyl (C=O) groups is 1. The Morgan fingerprint density at radius 3 is 2.50 bits per heavy atom. The van der Waals surface area contributed by atoms with Gasteiger partial charge < -0.3 is 4.90 Å². The van der Waals surface area contributed by atoms with Gasteiger partial charge in [-0.15, -0.1) is 0 Å². The Balaban J connectivity index is 2.16. The second kappa shape index (κ2) is 5.83. The van der Waals surface area contributed by atoms with Crippen LogP contribution < -0.4 is 4.90 Å². The van der Waals surface area contributed by atoms with Gasteiger partial charge in [0.1, 0.15) is 0 Å². The molecule has 0 atom stereocenters. The molecule has 18 heavy (non-hydrogen) atoms. The summed E-state index contributed by atoms with van der Waals surface area (Å²) in [4.78, 5) is 12.9. The maximum absolute atomic E-state index is 10.8. The standard InChI is InChI=1S/C15H14BrNO/c1-17(10-12-5-3-2-4-6-12)14-8-7-13(11-18)15(16)9-14/h2-9,11H,10H2,1H3. The van der Waals surface area contributed by atoms with Gasteiger partial charge in [-0.2, -0.15) is 0 Å². The molecular weight excluding hydrogens is 290 g/mol. The molecule has 0 heterocycles. The zero-order valence-corrected chi connectivity index (χ0v) is 11.7. The lowest BCUT2D eigenvalue weighted by atomic mass is 10.2. The minimum atomic E-state index is 0.673. The molecule has 0 unspecified atom stereocenters. The minimum absolute atomic E-state index is 0.673. The molecule has 0 amide bonds. The maximum atomic E-state index is 10.8. The van der Waals surface area contributed by atoms with Gasteiger partial charge in [-0.05, 0) is 39.7 Å². The molecule has 0 aliphatic heterocycles. The van der Waals surface area contributed by atoms with Gasteiger partial charge in [0, 0.05) is 29.3 Å². The molecular formula is C15H14BrNO. The highest BCUT2D eigenvalue weighted by Gasteiger charge is 2.05. The van der Waals surface area contributed by atoms with Crippen molar-refractivity contribution < 1.29 is 4.79 Å². The van der Waals surface area contributed by atoms with Crippen molar-refractivity contribution in [1.82, 2.24) is 0 Å². The fourth-order valence-electron chi connectivity index (χ4n) is 1.80. The Morgan fingerprint density at radius 2 is 1.89 bits per heavy atom. The van der Waals surface area contributed by atoms with Crippen molar-refractivity contribution >= 4 is 27.9 Å². The molecule has 2 aromatic rings. The highest BCUT2D eigenvalue weighted by molar-refractivity contribution is 9.10. The van der Waals surface area contributed by atoms with Crippen molar-refractivity contribution in [3.63, 3.8) is 0 Å². The summed E-state index contributed by atoms with van der Waals surface area (Å²) in [5, 5.41) is 0. The lowest BCUT2D eigenvalue weighted by molar-refractivity contribution is 0.112. The van der Waals surface area contributed by atoms with Crippen LogP contribution in [-0.4, -0.2) is 13.3 Å². The first-order valence-electron chi connectivity index (χ1n) is 5.70. The van der Waals surface area contributed by atoms with E-state index in [0.717, 1.165) is 23.0 Å². The van der Waals surface area contributed by atoms with Crippen LogP contribution in [0, 0.1) is 0 Å². The van der Waals surface area contributed by atoms with E-state index in [9.17, 15) is 4.79 Å². The first-order chi connectivity index (χ1) is 8.70. The molecule has 0 saturated carbocycles. The monoisotopic (exact) mass is 303 g/mol. The third-order valence-corrected chi connectivity index (χ3v) is 3.50. The van der Waals surface area contributed by atoms with Crippen LogP contribution in [-0.2, 0) is 6.54 Å². The van der Waals surface area contributed by atoms with Crippen LogP contribution in [0.3, 0.4) is 0 Å². The first kappa shape index (κ1) is 12.8. The summed E-state index contributed by atoms with van der Waals surface area (Å²) in [5.74, 6) is 0. The van der Waals surface area contributed by atoms with E-state index >= 15 is 0 Å². The molecule has 2 nitrogen and oxygen atoms in total. The van der Waals surface area contributed by atoms with Crippen LogP contribution in [0.15, 0.2) is 53.0 Å². The molecule has 2 aromatic carbocycles. The Hall–Kier alpha value is -1.61. The molecule has 0 fully saturated rings. The molecule has 0 aliphatic rings. The molecule has 2 rings (SSSR count). The Morgan fingerprint density at radius 1 is 1.17 bits per heavy atom. The number of anilines is 1. The van der Waals surface area contributed by atoms with Crippen molar-refractivity contribution in [2.75, 3.05) is 11.9 Å². The lowest BCUT2D eigenvalue weighted by Crippen LogP contribution is -2.16. The van der Waals surface area contributed by atoms with E-state index in [1.165, 1.54) is 5.56 Å². The van der Waals surface area contributed by atoms with E-state index in [1.807, 2.05) is 43.4 Å². The van der Waals surface area contributed by atoms with E-state index in [0.29, 0.717) is 5.56 Å². The minimum Gasteiger partial charge on any atom is -0.370 e. The fourth-order valence-corrected chi connectivity index (χ4v) is 2.26. The summed E-state index contributed by atoms with van der Waals surface area (Å²) < 4.78 is 0.829. The topological polar surface area (TPSA) is 20.3 Å². The summed E-state index contributed by atoms with van der Waals surface area (Å²) in [6.07, 6.45) is 0.852. The second-order valence-corrected chi connectivity index (χ2v) is 5.02. The van der Waals surface area contributed by atoms with E-state index in [4.69, 9.17) is 0 Å². The zero-order valence-electron chi connectivity index (χ0n) is 10.1. The maximum Gasteiger partial charge on any atom is 0.151 e. The van der Waals surface area contributed by atoms with E-state index in [2.05, 4.69) is 33.0 Å². The van der Waals surface area contributed by atoms with E-state index < -0.39 is 0 Å². The van der Waals surface area contributed by atoms with Crippen molar-refractivity contribution in [2.24, 2.45) is 0 Å². The number of hydrogen-bond donors (Lipinski definition) is 0. The van der Waals surface area contributed by atoms with Gasteiger partial charge in [0.15, 0.2) is 6.29 Å². The average molecular weight is 304 g/mol. The predicted molar refractivity (Wildman–Crippen MR) is 78.1 cm³/mol. The van der Waals surface area contributed by atoms with Crippen LogP contribution >= 0.6 is 15.9 Å². The van der Waals surface area contributed by atoms with Gasteiger partial charge in [-0.1, -0.05) is 30.3 Å². The summed E-state index contributed by atoms with van der Waals surface area (Å²) in [6.45, 7) is 0.841. The average Bonchev–Trinajstić information content (AvgIpc) is 2.39. The van der Waals surface area contributed by atoms with Crippen molar-refractivity contribution in [1.29, 1.82) is 0 Å². The largest absolute Gasteiger partial charge is 0.370 e. The zero-order chi connectivity index (χ0) is 13.0. The molecule has 0 aromatic heterocycles. The van der Waals surface area contributed by atoms with Crippen LogP contribution in [0.5, 0.6) is 0 Å². The molecule has 0 radical (unpaired) electrons. The van der Waals surface area contributed by atoms with E-state index in [-0.39, 0.29) is 0 Å². The van der Waals surface area contributed by atoms with Gasteiger partial charge in [0.25, 0.3) is 0 Å². The first-order valence-corrected chi connectivity index (χ1v) is 6.50. The number of benzene rings is 2. The van der Waals surface area contributed by atoms with Gasteiger partial charge in [0.05, 0.1) is 0 Å². The van der Waals surface area contributed by atoms with Crippen molar-refractivity contribution in [2.45, 2.75) is 6.54 Å². The molecule has 0 bridgehead atoms. The van der Waals surface area contributed by atoms with Gasteiger partial charge >= 0.3 is 0 Å². The van der Waals surface area contributed by atoms with Crippen LogP contribution in [0.1, 0.15) is 15.9 Å². The van der Waals surface area contributed by atoms with Gasteiger partial charge in [-0.25, -0.2) is 0 Å². The molecule has 0 N–H and O–H groups in total. The van der Waals surface area contributed by atoms with Crippen LogP contribution in [0.25, 0.3) is 0 Å². The number of aldehydes is 1. The normalized spacial score (nSPS) is 10.1. The number of halogens is 1. The number of hydrogen-bond acceptors (Lipinski definition) is 2. The lowest BCUT2D eigenvalue weighted by Gasteiger charge is -2.20. The fraction of sp³-hybridized carbons (Fsp3) is 0.133. The predicted octanol–water partition coefficient (Wildman–Crippen LogP) is 3.90. The van der Waals surface area contributed by atoms with Crippen molar-refractivity contribution in [3.8, 4) is 0 Å². The molecule has 3 heteroatoms. The van der Waals surface area contributed by atoms with Crippen LogP contribution in [0.4, 0.5) is 5.69 Å². The highest BCUT2D eigenvalue weighted by Crippen LogP contribution is 2.23. The summed E-state index contributed by atoms with van der Waals surface area (Å²) in [6, 6.07) is 16.0. The Labute approximate surface area is 115 Å². The Kier molecular flexibility index (Phi) is 4.15. The number of nitrogens with zero attached hydrogens (tertiary/aromatic N) is 1. The summed E-state index contributed by atoms with van der Waals surface area (Å²) in [7, 11) is 2.04.